The van der Waals surface area contributed by atoms with E-state index in [4.69, 9.17) is 0 Å². The molecule has 1 amide bonds. The van der Waals surface area contributed by atoms with Gasteiger partial charge >= 0.3 is 0 Å². The molecule has 124 valence electrons. The average Bonchev–Trinajstić information content (AvgIpc) is 3.29. The van der Waals surface area contributed by atoms with E-state index in [9.17, 15) is 4.79 Å². The van der Waals surface area contributed by atoms with Crippen LogP contribution in [0.4, 0.5) is 0 Å². The standard InChI is InChI=1S/C19H22N4O/c1-14-10-21-22(12-14)13-16-5-4-8-23(16)19(24)9-15-11-20-18-7-3-2-6-17(15)18/h2-3,6-7,10-12,16,20H,4-5,8-9,13H2,1H3/t16-/m0/s1. The molecule has 5 nitrogen and oxygen atoms in total. The molecule has 1 N–H and O–H groups in total. The van der Waals surface area contributed by atoms with Gasteiger partial charge in [-0.25, -0.2) is 0 Å². The zero-order valence-electron chi connectivity index (χ0n) is 13.9. The van der Waals surface area contributed by atoms with Gasteiger partial charge in [0.1, 0.15) is 0 Å². The molecule has 0 saturated carbocycles. The highest BCUT2D eigenvalue weighted by molar-refractivity contribution is 5.89. The summed E-state index contributed by atoms with van der Waals surface area (Å²) < 4.78 is 1.96. The molecule has 5 heteroatoms. The number of H-pyrrole nitrogens is 1. The van der Waals surface area contributed by atoms with Crippen LogP contribution < -0.4 is 0 Å². The van der Waals surface area contributed by atoms with Crippen LogP contribution in [0, 0.1) is 6.92 Å². The maximum absolute atomic E-state index is 12.8. The lowest BCUT2D eigenvalue weighted by atomic mass is 10.1. The summed E-state index contributed by atoms with van der Waals surface area (Å²) in [5.74, 6) is 0.214. The number of aryl methyl sites for hydroxylation is 1. The van der Waals surface area contributed by atoms with Crippen molar-refractivity contribution in [1.29, 1.82) is 0 Å². The van der Waals surface area contributed by atoms with E-state index in [-0.39, 0.29) is 11.9 Å². The highest BCUT2D eigenvalue weighted by Gasteiger charge is 2.29. The first-order chi connectivity index (χ1) is 11.7. The van der Waals surface area contributed by atoms with Gasteiger partial charge in [-0.2, -0.15) is 5.10 Å². The number of likely N-dealkylation sites (tertiary alicyclic amines) is 1. The molecule has 1 aliphatic heterocycles. The molecule has 4 rings (SSSR count). The summed E-state index contributed by atoms with van der Waals surface area (Å²) >= 11 is 0. The van der Waals surface area contributed by atoms with E-state index in [1.807, 2.05) is 53.3 Å². The van der Waals surface area contributed by atoms with Crippen molar-refractivity contribution < 1.29 is 4.79 Å². The van der Waals surface area contributed by atoms with Crippen molar-refractivity contribution in [2.24, 2.45) is 0 Å². The number of rotatable bonds is 4. The molecule has 3 heterocycles. The monoisotopic (exact) mass is 322 g/mol. The van der Waals surface area contributed by atoms with E-state index >= 15 is 0 Å². The quantitative estimate of drug-likeness (QED) is 0.803. The summed E-state index contributed by atoms with van der Waals surface area (Å²) in [6.45, 7) is 3.68. The number of aromatic amines is 1. The molecule has 1 atom stereocenters. The molecule has 1 aliphatic rings. The number of amides is 1. The van der Waals surface area contributed by atoms with Gasteiger partial charge in [-0.3, -0.25) is 9.48 Å². The van der Waals surface area contributed by atoms with Gasteiger partial charge in [-0.05, 0) is 37.0 Å². The Morgan fingerprint density at radius 1 is 1.38 bits per heavy atom. The SMILES string of the molecule is Cc1cnn(C[C@@H]2CCCN2C(=O)Cc2c[nH]c3ccccc23)c1. The smallest absolute Gasteiger partial charge is 0.227 e. The summed E-state index contributed by atoms with van der Waals surface area (Å²) in [5.41, 5.74) is 3.33. The topological polar surface area (TPSA) is 53.9 Å². The van der Waals surface area contributed by atoms with Gasteiger partial charge in [-0.15, -0.1) is 0 Å². The number of carbonyl (C=O) groups is 1. The van der Waals surface area contributed by atoms with Crippen molar-refractivity contribution in [3.63, 3.8) is 0 Å². The van der Waals surface area contributed by atoms with Crippen molar-refractivity contribution in [3.05, 3.63) is 54.0 Å². The van der Waals surface area contributed by atoms with E-state index in [2.05, 4.69) is 16.1 Å². The molecular weight excluding hydrogens is 300 g/mol. The van der Waals surface area contributed by atoms with Crippen molar-refractivity contribution >= 4 is 16.8 Å². The molecule has 3 aromatic rings. The predicted molar refractivity (Wildman–Crippen MR) is 93.7 cm³/mol. The Hall–Kier alpha value is -2.56. The number of benzene rings is 1. The Morgan fingerprint density at radius 2 is 2.25 bits per heavy atom. The number of aromatic nitrogens is 3. The molecular formula is C19H22N4O. The van der Waals surface area contributed by atoms with E-state index in [0.717, 1.165) is 48.0 Å². The Bertz CT molecular complexity index is 863. The Kier molecular flexibility index (Phi) is 3.84. The van der Waals surface area contributed by atoms with Gasteiger partial charge in [0.15, 0.2) is 0 Å². The molecule has 1 aromatic carbocycles. The van der Waals surface area contributed by atoms with E-state index in [0.29, 0.717) is 6.42 Å². The number of fused-ring (bicyclic) bond motifs is 1. The molecule has 1 saturated heterocycles. The van der Waals surface area contributed by atoms with Gasteiger partial charge in [0.05, 0.1) is 25.2 Å². The number of para-hydroxylation sites is 1. The molecule has 1 fully saturated rings. The van der Waals surface area contributed by atoms with Gasteiger partial charge < -0.3 is 9.88 Å². The highest BCUT2D eigenvalue weighted by Crippen LogP contribution is 2.23. The second kappa shape index (κ2) is 6.15. The highest BCUT2D eigenvalue weighted by atomic mass is 16.2. The molecule has 24 heavy (non-hydrogen) atoms. The summed E-state index contributed by atoms with van der Waals surface area (Å²) in [7, 11) is 0. The third-order valence-corrected chi connectivity index (χ3v) is 4.87. The lowest BCUT2D eigenvalue weighted by Gasteiger charge is -2.24. The molecule has 0 unspecified atom stereocenters. The fourth-order valence-electron chi connectivity index (χ4n) is 3.68. The first kappa shape index (κ1) is 15.0. The van der Waals surface area contributed by atoms with Crippen molar-refractivity contribution in [1.82, 2.24) is 19.7 Å². The van der Waals surface area contributed by atoms with Crippen LogP contribution in [0.1, 0.15) is 24.0 Å². The third kappa shape index (κ3) is 2.82. The second-order valence-electron chi connectivity index (χ2n) is 6.66. The zero-order chi connectivity index (χ0) is 16.5. The summed E-state index contributed by atoms with van der Waals surface area (Å²) in [6.07, 6.45) is 8.46. The molecule has 0 spiro atoms. The summed E-state index contributed by atoms with van der Waals surface area (Å²) in [4.78, 5) is 18.1. The van der Waals surface area contributed by atoms with Crippen LogP contribution in [-0.2, 0) is 17.8 Å². The summed E-state index contributed by atoms with van der Waals surface area (Å²) in [6, 6.07) is 8.39. The van der Waals surface area contributed by atoms with E-state index < -0.39 is 0 Å². The minimum absolute atomic E-state index is 0.214. The maximum atomic E-state index is 12.8. The number of hydrogen-bond acceptors (Lipinski definition) is 2. The first-order valence-corrected chi connectivity index (χ1v) is 8.54. The zero-order valence-corrected chi connectivity index (χ0v) is 13.9. The van der Waals surface area contributed by atoms with Crippen molar-refractivity contribution in [3.8, 4) is 0 Å². The van der Waals surface area contributed by atoms with Crippen LogP contribution in [0.25, 0.3) is 10.9 Å². The van der Waals surface area contributed by atoms with Crippen LogP contribution in [0.5, 0.6) is 0 Å². The van der Waals surface area contributed by atoms with Crippen LogP contribution >= 0.6 is 0 Å². The average molecular weight is 322 g/mol. The normalized spacial score (nSPS) is 17.7. The third-order valence-electron chi connectivity index (χ3n) is 4.87. The number of nitrogens with one attached hydrogen (secondary N) is 1. The number of nitrogens with zero attached hydrogens (tertiary/aromatic N) is 3. The minimum Gasteiger partial charge on any atom is -0.361 e. The lowest BCUT2D eigenvalue weighted by Crippen LogP contribution is -2.39. The predicted octanol–water partition coefficient (Wildman–Crippen LogP) is 2.91. The van der Waals surface area contributed by atoms with Crippen LogP contribution in [0.15, 0.2) is 42.9 Å². The molecule has 0 bridgehead atoms. The van der Waals surface area contributed by atoms with Crippen molar-refractivity contribution in [2.75, 3.05) is 6.54 Å². The minimum atomic E-state index is 0.214. The fourth-order valence-corrected chi connectivity index (χ4v) is 3.68. The number of carbonyl (C=O) groups excluding carboxylic acids is 1. The largest absolute Gasteiger partial charge is 0.361 e. The molecule has 0 aliphatic carbocycles. The molecule has 2 aromatic heterocycles. The Balaban J connectivity index is 1.48. The van der Waals surface area contributed by atoms with Gasteiger partial charge in [0.25, 0.3) is 0 Å². The van der Waals surface area contributed by atoms with Crippen LogP contribution in [0.2, 0.25) is 0 Å². The Labute approximate surface area is 141 Å². The first-order valence-electron chi connectivity index (χ1n) is 8.54. The van der Waals surface area contributed by atoms with Crippen LogP contribution in [0.3, 0.4) is 0 Å². The maximum Gasteiger partial charge on any atom is 0.227 e. The van der Waals surface area contributed by atoms with E-state index in [1.54, 1.807) is 0 Å². The lowest BCUT2D eigenvalue weighted by molar-refractivity contribution is -0.131. The fraction of sp³-hybridized carbons (Fsp3) is 0.368. The van der Waals surface area contributed by atoms with Gasteiger partial charge in [0, 0.05) is 29.8 Å². The van der Waals surface area contributed by atoms with Gasteiger partial charge in [-0.1, -0.05) is 18.2 Å². The van der Waals surface area contributed by atoms with E-state index in [1.165, 1.54) is 0 Å². The second-order valence-corrected chi connectivity index (χ2v) is 6.66. The summed E-state index contributed by atoms with van der Waals surface area (Å²) in [5, 5.41) is 5.51. The van der Waals surface area contributed by atoms with Gasteiger partial charge in [0.2, 0.25) is 5.91 Å². The van der Waals surface area contributed by atoms with Crippen LogP contribution in [-0.4, -0.2) is 38.2 Å². The molecule has 0 radical (unpaired) electrons. The Morgan fingerprint density at radius 3 is 3.08 bits per heavy atom. The van der Waals surface area contributed by atoms with Crippen molar-refractivity contribution in [2.45, 2.75) is 38.8 Å². The number of hydrogen-bond donors (Lipinski definition) is 1.